The Balaban J connectivity index is 1.58. The Hall–Kier alpha value is -3.32. The third kappa shape index (κ3) is 5.93. The van der Waals surface area contributed by atoms with Crippen LogP contribution in [0.1, 0.15) is 87.4 Å². The summed E-state index contributed by atoms with van der Waals surface area (Å²) in [7, 11) is 0. The molecule has 4 heterocycles. The number of halogens is 4. The van der Waals surface area contributed by atoms with Crippen LogP contribution in [0.3, 0.4) is 0 Å². The van der Waals surface area contributed by atoms with Crippen molar-refractivity contribution < 1.29 is 17.6 Å². The fourth-order valence-corrected chi connectivity index (χ4v) is 6.89. The molecule has 0 amide bonds. The first-order valence-electron chi connectivity index (χ1n) is 15.5. The number of pyridine rings is 1. The number of piperidine rings is 1. The van der Waals surface area contributed by atoms with Crippen LogP contribution < -0.4 is 27.1 Å². The molecule has 0 radical (unpaired) electrons. The standard InChI is InChI=1S/C33H42F4N6/c1-21-25-9-7-10-27(29(25)35)33(36,37)23-11-16-42(17-12-23)24(19-34)8-5-3-4-6-15-43-22(2)28(32(20-38)13-14-32)18-26(31(43)40)30(39)41-21/h7,9-10,18,21,23-24,40-41H,2-6,8,11-17,19,39H2,1H3/b30-26+,40-31?/t21-,24?/m1/s1. The van der Waals surface area contributed by atoms with E-state index < -0.39 is 41.4 Å². The number of aromatic nitrogens is 1. The molecular formula is C33H42F4N6. The normalized spacial score (nSPS) is 28.7. The third-order valence-electron chi connectivity index (χ3n) is 9.85. The van der Waals surface area contributed by atoms with Gasteiger partial charge in [0.2, 0.25) is 0 Å². The smallest absolute Gasteiger partial charge is 0.278 e. The maximum atomic E-state index is 15.8. The lowest BCUT2D eigenvalue weighted by Gasteiger charge is -2.39. The molecule has 232 valence electrons. The summed E-state index contributed by atoms with van der Waals surface area (Å²) in [6, 6.07) is 7.09. The quantitative estimate of drug-likeness (QED) is 0.442. The molecule has 4 N–H and O–H groups in total. The van der Waals surface area contributed by atoms with E-state index in [9.17, 15) is 9.65 Å². The molecule has 6 bridgehead atoms. The molecule has 2 aromatic rings. The van der Waals surface area contributed by atoms with Crippen LogP contribution in [-0.2, 0) is 17.9 Å². The van der Waals surface area contributed by atoms with Crippen LogP contribution in [0.5, 0.6) is 0 Å². The third-order valence-corrected chi connectivity index (χ3v) is 9.85. The van der Waals surface area contributed by atoms with Gasteiger partial charge in [-0.3, -0.25) is 10.3 Å². The van der Waals surface area contributed by atoms with E-state index in [-0.39, 0.29) is 35.8 Å². The highest BCUT2D eigenvalue weighted by Crippen LogP contribution is 2.46. The number of alkyl halides is 3. The molecule has 1 aromatic carbocycles. The average Bonchev–Trinajstić information content (AvgIpc) is 3.79. The van der Waals surface area contributed by atoms with Crippen molar-refractivity contribution in [3.63, 3.8) is 0 Å². The van der Waals surface area contributed by atoms with Crippen LogP contribution in [0.25, 0.3) is 12.4 Å². The summed E-state index contributed by atoms with van der Waals surface area (Å²) in [5, 5.41) is 22.9. The van der Waals surface area contributed by atoms with Gasteiger partial charge in [-0.05, 0) is 70.2 Å². The van der Waals surface area contributed by atoms with E-state index >= 15 is 13.2 Å². The van der Waals surface area contributed by atoms with Gasteiger partial charge in [0.25, 0.3) is 5.92 Å². The summed E-state index contributed by atoms with van der Waals surface area (Å²) < 4.78 is 63.3. The average molecular weight is 599 g/mol. The van der Waals surface area contributed by atoms with E-state index in [2.05, 4.69) is 18.0 Å². The summed E-state index contributed by atoms with van der Waals surface area (Å²) in [5.74, 6) is -5.31. The van der Waals surface area contributed by atoms with Crippen molar-refractivity contribution >= 4 is 12.4 Å². The van der Waals surface area contributed by atoms with Crippen LogP contribution in [0, 0.1) is 28.5 Å². The van der Waals surface area contributed by atoms with E-state index in [4.69, 9.17) is 11.1 Å². The zero-order chi connectivity index (χ0) is 30.9. The number of nitrogens with zero attached hydrogens (tertiary/aromatic N) is 3. The maximum absolute atomic E-state index is 15.8. The molecule has 3 aliphatic heterocycles. The maximum Gasteiger partial charge on any atom is 0.278 e. The van der Waals surface area contributed by atoms with Crippen LogP contribution in [-0.4, -0.2) is 35.3 Å². The molecule has 1 saturated heterocycles. The predicted molar refractivity (Wildman–Crippen MR) is 158 cm³/mol. The van der Waals surface area contributed by atoms with Crippen LogP contribution in [0.4, 0.5) is 17.6 Å². The van der Waals surface area contributed by atoms with Crippen molar-refractivity contribution in [2.45, 2.75) is 94.7 Å². The Bertz CT molecular complexity index is 1550. The monoisotopic (exact) mass is 598 g/mol. The second-order valence-corrected chi connectivity index (χ2v) is 12.5. The summed E-state index contributed by atoms with van der Waals surface area (Å²) >= 11 is 0. The van der Waals surface area contributed by atoms with E-state index in [0.29, 0.717) is 49.5 Å². The van der Waals surface area contributed by atoms with Crippen LogP contribution in [0.2, 0.25) is 0 Å². The van der Waals surface area contributed by atoms with Crippen molar-refractivity contribution in [2.24, 2.45) is 11.7 Å². The highest BCUT2D eigenvalue weighted by Gasteiger charge is 2.47. The first-order chi connectivity index (χ1) is 20.5. The first-order valence-corrected chi connectivity index (χ1v) is 15.5. The molecule has 6 nitrogen and oxygen atoms in total. The van der Waals surface area contributed by atoms with Gasteiger partial charge < -0.3 is 15.6 Å². The first kappa shape index (κ1) is 31.1. The van der Waals surface area contributed by atoms with Crippen molar-refractivity contribution in [3.05, 3.63) is 62.8 Å². The summed E-state index contributed by atoms with van der Waals surface area (Å²) in [6.45, 7) is 6.58. The van der Waals surface area contributed by atoms with Crippen molar-refractivity contribution in [1.29, 1.82) is 10.7 Å². The number of hydrogen-bond acceptors (Lipinski definition) is 5. The summed E-state index contributed by atoms with van der Waals surface area (Å²) in [5.41, 5.74) is 6.07. The number of nitrogens with two attached hydrogens (primary N) is 1. The molecule has 43 heavy (non-hydrogen) atoms. The second kappa shape index (κ2) is 12.4. The largest absolute Gasteiger partial charge is 0.385 e. The zero-order valence-electron chi connectivity index (χ0n) is 24.9. The Labute approximate surface area is 250 Å². The van der Waals surface area contributed by atoms with E-state index in [1.54, 1.807) is 17.6 Å². The SMILES string of the molecule is C=c1c(C2(C#N)CC2)c/c2c(=N)n1CCCCCCC(CF)N1CCC(CC1)C(F)(F)c1cccc(c1F)[C@@H](C)N/C=2N. The fourth-order valence-electron chi connectivity index (χ4n) is 6.89. The minimum atomic E-state index is -3.39. The summed E-state index contributed by atoms with van der Waals surface area (Å²) in [4.78, 5) is 1.97. The molecule has 0 spiro atoms. The van der Waals surface area contributed by atoms with Gasteiger partial charge in [-0.25, -0.2) is 17.6 Å². The number of nitrogens with one attached hydrogen (secondary N) is 2. The van der Waals surface area contributed by atoms with Crippen molar-refractivity contribution in [1.82, 2.24) is 14.8 Å². The number of hydrogen-bond donors (Lipinski definition) is 3. The molecule has 1 saturated carbocycles. The predicted octanol–water partition coefficient (Wildman–Crippen LogP) is 4.55. The Morgan fingerprint density at radius 1 is 1.09 bits per heavy atom. The fraction of sp³-hybridized carbons (Fsp3) is 0.576. The Morgan fingerprint density at radius 3 is 2.44 bits per heavy atom. The number of fused-ring (bicyclic) bond motifs is 10. The van der Waals surface area contributed by atoms with E-state index in [1.807, 2.05) is 4.90 Å². The Morgan fingerprint density at radius 2 is 1.79 bits per heavy atom. The van der Waals surface area contributed by atoms with Gasteiger partial charge in [0.15, 0.2) is 0 Å². The molecule has 6 rings (SSSR count). The second-order valence-electron chi connectivity index (χ2n) is 12.5. The lowest BCUT2D eigenvalue weighted by molar-refractivity contribution is -0.0918. The zero-order valence-corrected chi connectivity index (χ0v) is 24.9. The molecule has 1 aromatic heterocycles. The molecule has 1 unspecified atom stereocenters. The van der Waals surface area contributed by atoms with Crippen molar-refractivity contribution in [2.75, 3.05) is 19.8 Å². The van der Waals surface area contributed by atoms with Crippen LogP contribution in [0.15, 0.2) is 24.3 Å². The van der Waals surface area contributed by atoms with Crippen molar-refractivity contribution in [3.8, 4) is 6.07 Å². The van der Waals surface area contributed by atoms with Gasteiger partial charge >= 0.3 is 0 Å². The van der Waals surface area contributed by atoms with Gasteiger partial charge in [0, 0.05) is 29.4 Å². The summed E-state index contributed by atoms with van der Waals surface area (Å²) in [6.07, 6.45) is 5.67. The van der Waals surface area contributed by atoms with Gasteiger partial charge in [0.05, 0.1) is 28.3 Å². The lowest BCUT2D eigenvalue weighted by atomic mass is 9.84. The highest BCUT2D eigenvalue weighted by atomic mass is 19.3. The highest BCUT2D eigenvalue weighted by molar-refractivity contribution is 5.45. The van der Waals surface area contributed by atoms with E-state index in [0.717, 1.165) is 37.3 Å². The van der Waals surface area contributed by atoms with Crippen LogP contribution >= 0.6 is 0 Å². The van der Waals surface area contributed by atoms with E-state index in [1.165, 1.54) is 12.1 Å². The molecule has 10 heteroatoms. The number of benzene rings is 1. The van der Waals surface area contributed by atoms with Gasteiger partial charge in [-0.2, -0.15) is 5.26 Å². The molecular weight excluding hydrogens is 556 g/mol. The van der Waals surface area contributed by atoms with Gasteiger partial charge in [-0.15, -0.1) is 0 Å². The number of nitriles is 1. The van der Waals surface area contributed by atoms with Gasteiger partial charge in [0.1, 0.15) is 23.8 Å². The minimum absolute atomic E-state index is 0.0463. The molecule has 2 fully saturated rings. The topological polar surface area (TPSA) is 93.9 Å². The molecule has 1 aliphatic carbocycles. The van der Waals surface area contributed by atoms with Gasteiger partial charge in [-0.1, -0.05) is 44.0 Å². The lowest BCUT2D eigenvalue weighted by Crippen LogP contribution is -2.49. The Kier molecular flexibility index (Phi) is 8.94. The number of rotatable bonds is 2. The molecule has 4 aliphatic rings. The molecule has 2 atom stereocenters. The minimum Gasteiger partial charge on any atom is -0.385 e.